The van der Waals surface area contributed by atoms with Gasteiger partial charge in [0.2, 0.25) is 5.91 Å². The highest BCUT2D eigenvalue weighted by Gasteiger charge is 2.27. The summed E-state index contributed by atoms with van der Waals surface area (Å²) in [5.74, 6) is 0.118. The van der Waals surface area contributed by atoms with Crippen molar-refractivity contribution in [2.45, 2.75) is 30.0 Å². The van der Waals surface area contributed by atoms with E-state index in [9.17, 15) is 4.79 Å². The van der Waals surface area contributed by atoms with Gasteiger partial charge in [0, 0.05) is 19.3 Å². The number of thioether (sulfide) groups is 1. The predicted octanol–water partition coefficient (Wildman–Crippen LogP) is 2.82. The lowest BCUT2D eigenvalue weighted by Crippen LogP contribution is -2.40. The zero-order valence-electron chi connectivity index (χ0n) is 14.2. The molecule has 0 bridgehead atoms. The van der Waals surface area contributed by atoms with E-state index in [0.29, 0.717) is 0 Å². The highest BCUT2D eigenvalue weighted by atomic mass is 32.2. The number of fused-ring (bicyclic) bond motifs is 2. The van der Waals surface area contributed by atoms with Gasteiger partial charge >= 0.3 is 0 Å². The number of aromatic nitrogens is 4. The molecule has 25 heavy (non-hydrogen) atoms. The zero-order chi connectivity index (χ0) is 17.4. The third kappa shape index (κ3) is 2.89. The quantitative estimate of drug-likeness (QED) is 0.535. The molecule has 3 heterocycles. The van der Waals surface area contributed by atoms with E-state index < -0.39 is 0 Å². The fourth-order valence-corrected chi connectivity index (χ4v) is 4.18. The minimum atomic E-state index is -0.232. The Morgan fingerprint density at radius 1 is 1.28 bits per heavy atom. The standard InChI is InChI=1S/C18H19N5OS/c1-12(25-17-14-10-21-22(2)16(14)19-11-20-17)18(24)23-9-5-7-13-6-3-4-8-15(13)23/h3-4,6,8,10-12H,5,7,9H2,1-2H3. The minimum absolute atomic E-state index is 0.118. The normalized spacial score (nSPS) is 15.2. The van der Waals surface area contributed by atoms with Gasteiger partial charge in [0.15, 0.2) is 5.65 Å². The van der Waals surface area contributed by atoms with Crippen LogP contribution in [0.25, 0.3) is 11.0 Å². The smallest absolute Gasteiger partial charge is 0.240 e. The van der Waals surface area contributed by atoms with Gasteiger partial charge in [-0.15, -0.1) is 0 Å². The van der Waals surface area contributed by atoms with Crippen LogP contribution in [0.15, 0.2) is 41.8 Å². The van der Waals surface area contributed by atoms with Crippen molar-refractivity contribution >= 4 is 34.4 Å². The third-order valence-corrected chi connectivity index (χ3v) is 5.61. The molecule has 128 valence electrons. The van der Waals surface area contributed by atoms with Crippen molar-refractivity contribution in [3.8, 4) is 0 Å². The van der Waals surface area contributed by atoms with Gasteiger partial charge in [0.05, 0.1) is 16.8 Å². The first kappa shape index (κ1) is 16.1. The Balaban J connectivity index is 1.59. The van der Waals surface area contributed by atoms with Gasteiger partial charge in [0.25, 0.3) is 0 Å². The molecule has 6 nitrogen and oxygen atoms in total. The number of carbonyl (C=O) groups is 1. The molecule has 0 saturated heterocycles. The fourth-order valence-electron chi connectivity index (χ4n) is 3.23. The molecule has 2 aromatic heterocycles. The molecule has 0 radical (unpaired) electrons. The summed E-state index contributed by atoms with van der Waals surface area (Å²) in [4.78, 5) is 23.6. The highest BCUT2D eigenvalue weighted by molar-refractivity contribution is 8.00. The Bertz CT molecular complexity index is 938. The molecule has 0 aliphatic carbocycles. The molecule has 1 unspecified atom stereocenters. The molecule has 0 N–H and O–H groups in total. The van der Waals surface area contributed by atoms with Crippen LogP contribution < -0.4 is 4.90 Å². The first-order chi connectivity index (χ1) is 12.1. The van der Waals surface area contributed by atoms with Crippen molar-refractivity contribution in [1.29, 1.82) is 0 Å². The molecule has 1 amide bonds. The van der Waals surface area contributed by atoms with Crippen molar-refractivity contribution in [3.05, 3.63) is 42.4 Å². The summed E-state index contributed by atoms with van der Waals surface area (Å²) in [6.07, 6.45) is 5.31. The molecule has 1 aromatic carbocycles. The average Bonchev–Trinajstić information content (AvgIpc) is 3.03. The molecular formula is C18H19N5OS. The number of hydrogen-bond donors (Lipinski definition) is 0. The second-order valence-corrected chi connectivity index (χ2v) is 7.50. The van der Waals surface area contributed by atoms with Crippen LogP contribution in [0.4, 0.5) is 5.69 Å². The van der Waals surface area contributed by atoms with Gasteiger partial charge in [-0.1, -0.05) is 30.0 Å². The molecule has 0 spiro atoms. The number of rotatable bonds is 3. The first-order valence-corrected chi connectivity index (χ1v) is 9.22. The summed E-state index contributed by atoms with van der Waals surface area (Å²) >= 11 is 1.47. The van der Waals surface area contributed by atoms with Gasteiger partial charge in [-0.3, -0.25) is 9.48 Å². The number of para-hydroxylation sites is 1. The molecule has 1 atom stereocenters. The van der Waals surface area contributed by atoms with Crippen molar-refractivity contribution in [1.82, 2.24) is 19.7 Å². The highest BCUT2D eigenvalue weighted by Crippen LogP contribution is 2.32. The van der Waals surface area contributed by atoms with Crippen LogP contribution in [-0.4, -0.2) is 37.5 Å². The molecule has 4 rings (SSSR count). The molecule has 1 aliphatic rings. The zero-order valence-corrected chi connectivity index (χ0v) is 15.0. The number of amides is 1. The van der Waals surface area contributed by atoms with Gasteiger partial charge in [-0.05, 0) is 31.4 Å². The monoisotopic (exact) mass is 353 g/mol. The summed E-state index contributed by atoms with van der Waals surface area (Å²) in [7, 11) is 1.85. The van der Waals surface area contributed by atoms with Crippen LogP contribution in [0.5, 0.6) is 0 Å². The van der Waals surface area contributed by atoms with E-state index >= 15 is 0 Å². The van der Waals surface area contributed by atoms with E-state index in [0.717, 1.165) is 41.1 Å². The number of aryl methyl sites for hydroxylation is 2. The van der Waals surface area contributed by atoms with Gasteiger partial charge < -0.3 is 4.90 Å². The minimum Gasteiger partial charge on any atom is -0.311 e. The van der Waals surface area contributed by atoms with Crippen molar-refractivity contribution in [2.24, 2.45) is 7.05 Å². The van der Waals surface area contributed by atoms with Gasteiger partial charge in [-0.2, -0.15) is 5.10 Å². The molecule has 1 aliphatic heterocycles. The third-order valence-electron chi connectivity index (χ3n) is 4.51. The number of benzene rings is 1. The molecule has 3 aromatic rings. The topological polar surface area (TPSA) is 63.9 Å². The Kier molecular flexibility index (Phi) is 4.17. The second-order valence-electron chi connectivity index (χ2n) is 6.17. The van der Waals surface area contributed by atoms with E-state index in [1.165, 1.54) is 23.7 Å². The van der Waals surface area contributed by atoms with Crippen LogP contribution in [0, 0.1) is 0 Å². The van der Waals surface area contributed by atoms with E-state index in [4.69, 9.17) is 0 Å². The summed E-state index contributed by atoms with van der Waals surface area (Å²) < 4.78 is 1.72. The SMILES string of the molecule is CC(Sc1ncnc2c1cnn2C)C(=O)N1CCCc2ccccc21. The van der Waals surface area contributed by atoms with Gasteiger partial charge in [0.1, 0.15) is 11.4 Å². The molecule has 0 fully saturated rings. The van der Waals surface area contributed by atoms with E-state index in [1.807, 2.05) is 37.1 Å². The lowest BCUT2D eigenvalue weighted by molar-refractivity contribution is -0.117. The average molecular weight is 353 g/mol. The van der Waals surface area contributed by atoms with Crippen molar-refractivity contribution in [2.75, 3.05) is 11.4 Å². The predicted molar refractivity (Wildman–Crippen MR) is 98.7 cm³/mol. The lowest BCUT2D eigenvalue weighted by atomic mass is 10.0. The van der Waals surface area contributed by atoms with Crippen molar-refractivity contribution in [3.63, 3.8) is 0 Å². The second kappa shape index (κ2) is 6.48. The summed E-state index contributed by atoms with van der Waals surface area (Å²) in [6, 6.07) is 8.17. The lowest BCUT2D eigenvalue weighted by Gasteiger charge is -2.31. The van der Waals surface area contributed by atoms with E-state index in [1.54, 1.807) is 10.9 Å². The van der Waals surface area contributed by atoms with E-state index in [2.05, 4.69) is 21.1 Å². The summed E-state index contributed by atoms with van der Waals surface area (Å²) in [5, 5.41) is 5.68. The van der Waals surface area contributed by atoms with Crippen LogP contribution in [-0.2, 0) is 18.3 Å². The van der Waals surface area contributed by atoms with Gasteiger partial charge in [-0.25, -0.2) is 9.97 Å². The fraction of sp³-hybridized carbons (Fsp3) is 0.333. The molecule has 7 heteroatoms. The van der Waals surface area contributed by atoms with Crippen LogP contribution in [0.3, 0.4) is 0 Å². The Morgan fingerprint density at radius 3 is 3.00 bits per heavy atom. The van der Waals surface area contributed by atoms with E-state index in [-0.39, 0.29) is 11.2 Å². The Morgan fingerprint density at radius 2 is 2.12 bits per heavy atom. The first-order valence-electron chi connectivity index (χ1n) is 8.34. The molecular weight excluding hydrogens is 334 g/mol. The maximum absolute atomic E-state index is 13.0. The van der Waals surface area contributed by atoms with Crippen LogP contribution in [0.1, 0.15) is 18.9 Å². The largest absolute Gasteiger partial charge is 0.311 e. The van der Waals surface area contributed by atoms with Crippen LogP contribution in [0.2, 0.25) is 0 Å². The summed E-state index contributed by atoms with van der Waals surface area (Å²) in [6.45, 7) is 2.71. The number of anilines is 1. The van der Waals surface area contributed by atoms with Crippen molar-refractivity contribution < 1.29 is 4.79 Å². The summed E-state index contributed by atoms with van der Waals surface area (Å²) in [5.41, 5.74) is 3.07. The number of carbonyl (C=O) groups excluding carboxylic acids is 1. The number of nitrogens with zero attached hydrogens (tertiary/aromatic N) is 5. The maximum atomic E-state index is 13.0. The maximum Gasteiger partial charge on any atom is 0.240 e. The Labute approximate surface area is 150 Å². The van der Waals surface area contributed by atoms with Crippen LogP contribution >= 0.6 is 11.8 Å². The Hall–Kier alpha value is -2.41. The molecule has 0 saturated carbocycles. The number of hydrogen-bond acceptors (Lipinski definition) is 5.